The summed E-state index contributed by atoms with van der Waals surface area (Å²) >= 11 is 0. The first-order valence-corrected chi connectivity index (χ1v) is 8.09. The van der Waals surface area contributed by atoms with Gasteiger partial charge in [-0.2, -0.15) is 0 Å². The van der Waals surface area contributed by atoms with Crippen LogP contribution in [0.5, 0.6) is 0 Å². The summed E-state index contributed by atoms with van der Waals surface area (Å²) in [5.41, 5.74) is 0.0826. The molecule has 24 heavy (non-hydrogen) atoms. The van der Waals surface area contributed by atoms with Crippen molar-refractivity contribution in [2.24, 2.45) is 0 Å². The van der Waals surface area contributed by atoms with Crippen LogP contribution in [-0.4, -0.2) is 30.2 Å². The third-order valence-electron chi connectivity index (χ3n) is 4.48. The molecule has 1 heterocycles. The van der Waals surface area contributed by atoms with Crippen LogP contribution in [0.15, 0.2) is 12.1 Å². The van der Waals surface area contributed by atoms with Crippen molar-refractivity contribution >= 4 is 11.9 Å². The van der Waals surface area contributed by atoms with Gasteiger partial charge in [0.05, 0.1) is 35.4 Å². The molecule has 0 atom stereocenters. The minimum absolute atomic E-state index is 0.133. The Morgan fingerprint density at radius 2 is 1.21 bits per heavy atom. The number of ether oxygens (including phenoxy) is 2. The summed E-state index contributed by atoms with van der Waals surface area (Å²) in [6.45, 7) is 11.0. The highest BCUT2D eigenvalue weighted by Crippen LogP contribution is 2.49. The quantitative estimate of drug-likeness (QED) is 0.791. The van der Waals surface area contributed by atoms with Crippen molar-refractivity contribution in [3.63, 3.8) is 0 Å². The van der Waals surface area contributed by atoms with E-state index in [4.69, 9.17) is 9.47 Å². The minimum Gasteiger partial charge on any atom is -0.462 e. The van der Waals surface area contributed by atoms with Gasteiger partial charge in [0, 0.05) is 0 Å². The van der Waals surface area contributed by atoms with Crippen molar-refractivity contribution in [2.45, 2.75) is 52.6 Å². The van der Waals surface area contributed by atoms with Gasteiger partial charge in [0.25, 0.3) is 0 Å². The fourth-order valence-corrected chi connectivity index (χ4v) is 3.29. The van der Waals surface area contributed by atoms with Crippen LogP contribution >= 0.6 is 0 Å². The predicted molar refractivity (Wildman–Crippen MR) is 86.9 cm³/mol. The highest BCUT2D eigenvalue weighted by atomic mass is 16.5. The summed E-state index contributed by atoms with van der Waals surface area (Å²) in [5, 5.41) is 13.7. The van der Waals surface area contributed by atoms with Gasteiger partial charge in [0.15, 0.2) is 0 Å². The Hall–Kier alpha value is -1.92. The summed E-state index contributed by atoms with van der Waals surface area (Å²) in [7, 11) is 0. The van der Waals surface area contributed by atoms with E-state index in [1.165, 1.54) is 0 Å². The lowest BCUT2D eigenvalue weighted by Gasteiger charge is -2.32. The van der Waals surface area contributed by atoms with Crippen LogP contribution in [0, 0.1) is 0 Å². The first-order chi connectivity index (χ1) is 11.1. The van der Waals surface area contributed by atoms with E-state index in [1.54, 1.807) is 53.7 Å². The fraction of sp³-hybridized carbons (Fsp3) is 0.556. The Kier molecular flexibility index (Phi) is 4.74. The van der Waals surface area contributed by atoms with Gasteiger partial charge in [-0.15, -0.1) is 10.3 Å². The zero-order chi connectivity index (χ0) is 18.3. The highest BCUT2D eigenvalue weighted by molar-refractivity contribution is 6.03. The van der Waals surface area contributed by atoms with E-state index in [1.807, 2.05) is 0 Å². The first kappa shape index (κ1) is 18.4. The predicted octanol–water partition coefficient (Wildman–Crippen LogP) is 3.17. The molecule has 1 aromatic rings. The highest BCUT2D eigenvalue weighted by Gasteiger charge is 2.51. The minimum atomic E-state index is -0.812. The number of carbonyl (C=O) groups excluding carboxylic acids is 2. The largest absolute Gasteiger partial charge is 0.462 e. The number of esters is 2. The van der Waals surface area contributed by atoms with Crippen LogP contribution in [0.4, 0.5) is 0 Å². The Balaban J connectivity index is 2.71. The third kappa shape index (κ3) is 2.70. The van der Waals surface area contributed by atoms with E-state index in [9.17, 15) is 14.8 Å². The number of rotatable bonds is 4. The molecule has 131 valence electrons. The lowest BCUT2D eigenvalue weighted by molar-refractivity contribution is -0.266. The summed E-state index contributed by atoms with van der Waals surface area (Å²) in [4.78, 5) is 24.6. The average Bonchev–Trinajstić information content (AvgIpc) is 2.65. The van der Waals surface area contributed by atoms with E-state index in [2.05, 4.69) is 0 Å². The van der Waals surface area contributed by atoms with Crippen molar-refractivity contribution < 1.29 is 24.3 Å². The number of hydrogen-bond donors (Lipinski definition) is 0. The molecule has 0 bridgehead atoms. The van der Waals surface area contributed by atoms with Crippen LogP contribution in [0.3, 0.4) is 0 Å². The molecular weight excluding hydrogens is 310 g/mol. The van der Waals surface area contributed by atoms with Crippen LogP contribution < -0.4 is 0 Å². The van der Waals surface area contributed by atoms with E-state index in [-0.39, 0.29) is 24.3 Å². The maximum atomic E-state index is 12.7. The molecule has 1 radical (unpaired) electrons. The maximum absolute atomic E-state index is 12.7. The number of hydroxylamine groups is 2. The normalized spacial score (nSPS) is 18.1. The van der Waals surface area contributed by atoms with Gasteiger partial charge >= 0.3 is 11.9 Å². The number of carbonyl (C=O) groups is 2. The average molecular weight is 334 g/mol. The van der Waals surface area contributed by atoms with Gasteiger partial charge in [-0.3, -0.25) is 0 Å². The standard InChI is InChI=1S/C18H24NO5/c1-7-23-15(20)11-9-13-14(10-12(11)16(21)24-8-2)18(5,6)19(22)17(13,3)4/h9-10H,7-8H2,1-6H3. The van der Waals surface area contributed by atoms with Gasteiger partial charge in [-0.05, 0) is 64.8 Å². The molecule has 0 fully saturated rings. The Morgan fingerprint density at radius 3 is 1.50 bits per heavy atom. The second-order valence-corrected chi connectivity index (χ2v) is 6.80. The molecule has 0 aliphatic carbocycles. The SMILES string of the molecule is CCOC(=O)c1cc2c(cc1C(=O)OCC)C(C)(C)N([O])C2(C)C. The lowest BCUT2D eigenvalue weighted by atomic mass is 9.87. The van der Waals surface area contributed by atoms with Crippen LogP contribution in [0.1, 0.15) is 73.4 Å². The van der Waals surface area contributed by atoms with Crippen molar-refractivity contribution in [3.05, 3.63) is 34.4 Å². The number of nitrogens with zero attached hydrogens (tertiary/aromatic N) is 1. The molecule has 2 rings (SSSR count). The van der Waals surface area contributed by atoms with Crippen molar-refractivity contribution in [1.82, 2.24) is 5.06 Å². The molecule has 0 saturated heterocycles. The number of hydrogen-bond acceptors (Lipinski definition) is 5. The fourth-order valence-electron chi connectivity index (χ4n) is 3.29. The van der Waals surface area contributed by atoms with Crippen LogP contribution in [-0.2, 0) is 25.8 Å². The summed E-state index contributed by atoms with van der Waals surface area (Å²) in [5.74, 6) is -1.19. The Labute approximate surface area is 142 Å². The zero-order valence-electron chi connectivity index (χ0n) is 15.1. The van der Waals surface area contributed by atoms with Crippen molar-refractivity contribution in [2.75, 3.05) is 13.2 Å². The number of benzene rings is 1. The third-order valence-corrected chi connectivity index (χ3v) is 4.48. The maximum Gasteiger partial charge on any atom is 0.339 e. The molecule has 0 aromatic heterocycles. The van der Waals surface area contributed by atoms with E-state index in [0.29, 0.717) is 0 Å². The molecule has 6 heteroatoms. The second kappa shape index (κ2) is 6.18. The van der Waals surface area contributed by atoms with Crippen LogP contribution in [0.25, 0.3) is 0 Å². The molecule has 0 spiro atoms. The monoisotopic (exact) mass is 334 g/mol. The molecular formula is C18H24NO5. The molecule has 0 N–H and O–H groups in total. The molecule has 6 nitrogen and oxygen atoms in total. The van der Waals surface area contributed by atoms with Crippen molar-refractivity contribution in [1.29, 1.82) is 0 Å². The Morgan fingerprint density at radius 1 is 0.875 bits per heavy atom. The van der Waals surface area contributed by atoms with Crippen LogP contribution in [0.2, 0.25) is 0 Å². The van der Waals surface area contributed by atoms with Crippen molar-refractivity contribution in [3.8, 4) is 0 Å². The summed E-state index contributed by atoms with van der Waals surface area (Å²) < 4.78 is 10.1. The van der Waals surface area contributed by atoms with E-state index in [0.717, 1.165) is 16.2 Å². The smallest absolute Gasteiger partial charge is 0.339 e. The molecule has 0 saturated carbocycles. The first-order valence-electron chi connectivity index (χ1n) is 8.09. The van der Waals surface area contributed by atoms with Gasteiger partial charge < -0.3 is 9.47 Å². The topological polar surface area (TPSA) is 75.7 Å². The lowest BCUT2D eigenvalue weighted by Crippen LogP contribution is -2.41. The van der Waals surface area contributed by atoms with Gasteiger partial charge in [-0.1, -0.05) is 0 Å². The van der Waals surface area contributed by atoms with Gasteiger partial charge in [-0.25, -0.2) is 9.59 Å². The summed E-state index contributed by atoms with van der Waals surface area (Å²) in [6, 6.07) is 3.19. The molecule has 0 unspecified atom stereocenters. The second-order valence-electron chi connectivity index (χ2n) is 6.80. The van der Waals surface area contributed by atoms with E-state index >= 15 is 0 Å². The molecule has 1 aliphatic rings. The van der Waals surface area contributed by atoms with Gasteiger partial charge in [0.2, 0.25) is 0 Å². The molecule has 1 aliphatic heterocycles. The zero-order valence-corrected chi connectivity index (χ0v) is 15.1. The van der Waals surface area contributed by atoms with Gasteiger partial charge in [0.1, 0.15) is 0 Å². The Bertz CT molecular complexity index is 621. The summed E-state index contributed by atoms with van der Waals surface area (Å²) in [6.07, 6.45) is 0. The number of fused-ring (bicyclic) bond motifs is 1. The van der Waals surface area contributed by atoms with E-state index < -0.39 is 23.0 Å². The molecule has 0 amide bonds. The molecule has 1 aromatic carbocycles.